The molecule has 1 aliphatic heterocycles. The summed E-state index contributed by atoms with van der Waals surface area (Å²) in [7, 11) is 0. The SMILES string of the molecule is C=C1CCCN(c2ncc(Br)s2)C1. The standard InChI is InChI=1S/C9H11BrN2S/c1-7-3-2-4-12(6-7)9-11-5-8(10)13-9/h5H,1-4,6H2. The third kappa shape index (κ3) is 2.11. The number of nitrogens with zero attached hydrogens (tertiary/aromatic N) is 2. The van der Waals surface area contributed by atoms with Crippen molar-refractivity contribution in [2.24, 2.45) is 0 Å². The summed E-state index contributed by atoms with van der Waals surface area (Å²) in [5, 5.41) is 1.10. The molecule has 1 saturated heterocycles. The highest BCUT2D eigenvalue weighted by atomic mass is 79.9. The maximum atomic E-state index is 4.33. The molecule has 2 heterocycles. The quantitative estimate of drug-likeness (QED) is 0.720. The first-order valence-corrected chi connectivity index (χ1v) is 5.89. The summed E-state index contributed by atoms with van der Waals surface area (Å²) in [6.07, 6.45) is 4.23. The van der Waals surface area contributed by atoms with Gasteiger partial charge in [-0.25, -0.2) is 4.98 Å². The van der Waals surface area contributed by atoms with E-state index >= 15 is 0 Å². The van der Waals surface area contributed by atoms with Gasteiger partial charge in [-0.2, -0.15) is 0 Å². The average molecular weight is 259 g/mol. The van der Waals surface area contributed by atoms with Gasteiger partial charge in [-0.1, -0.05) is 23.5 Å². The molecule has 2 rings (SSSR count). The van der Waals surface area contributed by atoms with E-state index in [1.54, 1.807) is 11.3 Å². The number of hydrogen-bond donors (Lipinski definition) is 0. The van der Waals surface area contributed by atoms with Crippen LogP contribution in [0.4, 0.5) is 5.13 Å². The van der Waals surface area contributed by atoms with Crippen molar-refractivity contribution in [3.8, 4) is 0 Å². The van der Waals surface area contributed by atoms with Crippen LogP contribution in [-0.2, 0) is 0 Å². The number of halogens is 1. The van der Waals surface area contributed by atoms with Crippen molar-refractivity contribution in [1.29, 1.82) is 0 Å². The highest BCUT2D eigenvalue weighted by Crippen LogP contribution is 2.29. The molecule has 0 aromatic carbocycles. The zero-order chi connectivity index (χ0) is 9.26. The average Bonchev–Trinajstić information content (AvgIpc) is 2.52. The number of hydrogen-bond acceptors (Lipinski definition) is 3. The van der Waals surface area contributed by atoms with Crippen LogP contribution < -0.4 is 4.90 Å². The largest absolute Gasteiger partial charge is 0.344 e. The van der Waals surface area contributed by atoms with Crippen molar-refractivity contribution < 1.29 is 0 Å². The predicted octanol–water partition coefficient (Wildman–Crippen LogP) is 3.06. The fourth-order valence-corrected chi connectivity index (χ4v) is 2.71. The van der Waals surface area contributed by atoms with Crippen LogP contribution in [-0.4, -0.2) is 18.1 Å². The third-order valence-corrected chi connectivity index (χ3v) is 3.65. The molecule has 1 aromatic heterocycles. The van der Waals surface area contributed by atoms with Crippen LogP contribution in [0.1, 0.15) is 12.8 Å². The monoisotopic (exact) mass is 258 g/mol. The molecule has 4 heteroatoms. The second-order valence-electron chi connectivity index (χ2n) is 3.22. The van der Waals surface area contributed by atoms with Crippen molar-refractivity contribution in [1.82, 2.24) is 4.98 Å². The highest BCUT2D eigenvalue weighted by molar-refractivity contribution is 9.11. The fourth-order valence-electron chi connectivity index (χ4n) is 1.50. The zero-order valence-corrected chi connectivity index (χ0v) is 9.70. The Bertz CT molecular complexity index is 321. The zero-order valence-electron chi connectivity index (χ0n) is 7.29. The molecule has 70 valence electrons. The van der Waals surface area contributed by atoms with Crippen LogP contribution in [0.3, 0.4) is 0 Å². The lowest BCUT2D eigenvalue weighted by atomic mass is 10.1. The second kappa shape index (κ2) is 3.80. The molecular weight excluding hydrogens is 248 g/mol. The minimum absolute atomic E-state index is 0.972. The molecule has 1 aromatic rings. The van der Waals surface area contributed by atoms with Crippen LogP contribution >= 0.6 is 27.3 Å². The first kappa shape index (κ1) is 9.21. The van der Waals surface area contributed by atoms with Crippen LogP contribution in [0.5, 0.6) is 0 Å². The Kier molecular flexibility index (Phi) is 2.69. The molecule has 0 radical (unpaired) electrons. The molecule has 0 spiro atoms. The van der Waals surface area contributed by atoms with Gasteiger partial charge in [-0.3, -0.25) is 0 Å². The molecule has 0 saturated carbocycles. The molecule has 0 aliphatic carbocycles. The van der Waals surface area contributed by atoms with Gasteiger partial charge in [0.15, 0.2) is 5.13 Å². The van der Waals surface area contributed by atoms with E-state index in [1.165, 1.54) is 18.4 Å². The van der Waals surface area contributed by atoms with Gasteiger partial charge in [0.2, 0.25) is 0 Å². The molecule has 1 aliphatic rings. The van der Waals surface area contributed by atoms with Crippen molar-refractivity contribution in [3.05, 3.63) is 22.1 Å². The van der Waals surface area contributed by atoms with E-state index in [9.17, 15) is 0 Å². The van der Waals surface area contributed by atoms with E-state index in [-0.39, 0.29) is 0 Å². The van der Waals surface area contributed by atoms with E-state index in [0.717, 1.165) is 22.0 Å². The van der Waals surface area contributed by atoms with Crippen molar-refractivity contribution in [2.45, 2.75) is 12.8 Å². The van der Waals surface area contributed by atoms with Crippen LogP contribution in [0, 0.1) is 0 Å². The molecule has 2 nitrogen and oxygen atoms in total. The maximum absolute atomic E-state index is 4.33. The lowest BCUT2D eigenvalue weighted by molar-refractivity contribution is 0.678. The van der Waals surface area contributed by atoms with E-state index in [0.29, 0.717) is 0 Å². The van der Waals surface area contributed by atoms with Gasteiger partial charge >= 0.3 is 0 Å². The normalized spacial score (nSPS) is 17.9. The summed E-state index contributed by atoms with van der Waals surface area (Å²) in [6, 6.07) is 0. The Balaban J connectivity index is 2.12. The minimum atomic E-state index is 0.972. The number of thiazole rings is 1. The summed E-state index contributed by atoms with van der Waals surface area (Å²) in [4.78, 5) is 6.62. The smallest absolute Gasteiger partial charge is 0.186 e. The van der Waals surface area contributed by atoms with E-state index in [4.69, 9.17) is 0 Å². The molecule has 0 bridgehead atoms. The number of anilines is 1. The van der Waals surface area contributed by atoms with E-state index in [1.807, 2.05) is 6.20 Å². The molecule has 0 N–H and O–H groups in total. The van der Waals surface area contributed by atoms with Crippen LogP contribution in [0.2, 0.25) is 0 Å². The predicted molar refractivity (Wildman–Crippen MR) is 60.4 cm³/mol. The number of piperidine rings is 1. The fraction of sp³-hybridized carbons (Fsp3) is 0.444. The Morgan fingerprint density at radius 3 is 3.08 bits per heavy atom. The minimum Gasteiger partial charge on any atom is -0.344 e. The summed E-state index contributed by atoms with van der Waals surface area (Å²) in [6.45, 7) is 6.10. The summed E-state index contributed by atoms with van der Waals surface area (Å²) < 4.78 is 1.10. The maximum Gasteiger partial charge on any atom is 0.186 e. The summed E-state index contributed by atoms with van der Waals surface area (Å²) in [5.74, 6) is 0. The van der Waals surface area contributed by atoms with Gasteiger partial charge in [0.1, 0.15) is 0 Å². The second-order valence-corrected chi connectivity index (χ2v) is 5.61. The molecule has 0 amide bonds. The van der Waals surface area contributed by atoms with Crippen LogP contribution in [0.15, 0.2) is 22.1 Å². The molecule has 0 unspecified atom stereocenters. The Morgan fingerprint density at radius 2 is 2.46 bits per heavy atom. The van der Waals surface area contributed by atoms with Gasteiger partial charge < -0.3 is 4.90 Å². The van der Waals surface area contributed by atoms with Gasteiger partial charge in [-0.15, -0.1) is 0 Å². The highest BCUT2D eigenvalue weighted by Gasteiger charge is 2.15. The molecule has 1 fully saturated rings. The third-order valence-electron chi connectivity index (χ3n) is 2.11. The summed E-state index contributed by atoms with van der Waals surface area (Å²) >= 11 is 5.11. The van der Waals surface area contributed by atoms with Gasteiger partial charge in [0.05, 0.1) is 9.98 Å². The van der Waals surface area contributed by atoms with Crippen molar-refractivity contribution >= 4 is 32.4 Å². The Labute approximate surface area is 90.4 Å². The first-order valence-electron chi connectivity index (χ1n) is 4.28. The topological polar surface area (TPSA) is 16.1 Å². The number of rotatable bonds is 1. The Morgan fingerprint density at radius 1 is 1.62 bits per heavy atom. The summed E-state index contributed by atoms with van der Waals surface area (Å²) in [5.41, 5.74) is 1.32. The van der Waals surface area contributed by atoms with Gasteiger partial charge in [0, 0.05) is 13.1 Å². The first-order chi connectivity index (χ1) is 6.25. The molecule has 0 atom stereocenters. The van der Waals surface area contributed by atoms with Crippen molar-refractivity contribution in [2.75, 3.05) is 18.0 Å². The van der Waals surface area contributed by atoms with Gasteiger partial charge in [0.25, 0.3) is 0 Å². The van der Waals surface area contributed by atoms with Crippen molar-refractivity contribution in [3.63, 3.8) is 0 Å². The van der Waals surface area contributed by atoms with E-state index < -0.39 is 0 Å². The lowest BCUT2D eigenvalue weighted by Crippen LogP contribution is -2.30. The van der Waals surface area contributed by atoms with E-state index in [2.05, 4.69) is 32.4 Å². The molecule has 13 heavy (non-hydrogen) atoms. The van der Waals surface area contributed by atoms with Gasteiger partial charge in [-0.05, 0) is 28.8 Å². The number of aromatic nitrogens is 1. The molecular formula is C9H11BrN2S. The lowest BCUT2D eigenvalue weighted by Gasteiger charge is -2.27. The Hall–Kier alpha value is -0.350. The van der Waals surface area contributed by atoms with Crippen LogP contribution in [0.25, 0.3) is 0 Å².